The molecule has 32 heavy (non-hydrogen) atoms. The lowest BCUT2D eigenvalue weighted by atomic mass is 9.89. The second kappa shape index (κ2) is 9.60. The highest BCUT2D eigenvalue weighted by Gasteiger charge is 2.49. The van der Waals surface area contributed by atoms with Gasteiger partial charge >= 0.3 is 0 Å². The van der Waals surface area contributed by atoms with Crippen molar-refractivity contribution in [2.24, 2.45) is 0 Å². The molecular weight excluding hydrogens is 402 g/mol. The number of carbonyl (C=O) groups is 2. The fourth-order valence-electron chi connectivity index (χ4n) is 4.87. The third-order valence-electron chi connectivity index (χ3n) is 6.53. The molecule has 5 nitrogen and oxygen atoms in total. The first-order valence-corrected chi connectivity index (χ1v) is 11.6. The van der Waals surface area contributed by atoms with E-state index in [1.54, 1.807) is 29.2 Å². The number of aliphatic hydroxyl groups excluding tert-OH is 1. The maximum Gasteiger partial charge on any atom is 0.295 e. The third kappa shape index (κ3) is 4.16. The molecule has 1 heterocycles. The molecule has 1 saturated carbocycles. The summed E-state index contributed by atoms with van der Waals surface area (Å²) in [5, 5.41) is 11.3. The highest BCUT2D eigenvalue weighted by Crippen LogP contribution is 2.43. The van der Waals surface area contributed by atoms with Crippen LogP contribution in [-0.2, 0) is 9.59 Å². The van der Waals surface area contributed by atoms with Crippen molar-refractivity contribution >= 4 is 17.4 Å². The van der Waals surface area contributed by atoms with E-state index in [2.05, 4.69) is 0 Å². The number of benzene rings is 2. The van der Waals surface area contributed by atoms with E-state index < -0.39 is 17.7 Å². The van der Waals surface area contributed by atoms with Gasteiger partial charge in [0, 0.05) is 11.6 Å². The molecule has 1 aliphatic carbocycles. The number of amides is 1. The van der Waals surface area contributed by atoms with Crippen LogP contribution < -0.4 is 4.74 Å². The summed E-state index contributed by atoms with van der Waals surface area (Å²) in [5.74, 6) is -0.527. The Bertz CT molecular complexity index is 1020. The molecule has 1 N–H and O–H groups in total. The molecule has 2 aromatic rings. The van der Waals surface area contributed by atoms with Crippen LogP contribution in [0.15, 0.2) is 54.1 Å². The number of rotatable bonds is 6. The zero-order valence-electron chi connectivity index (χ0n) is 18.8. The Morgan fingerprint density at radius 2 is 1.72 bits per heavy atom. The first-order chi connectivity index (χ1) is 15.5. The second-order valence-electron chi connectivity index (χ2n) is 8.73. The average Bonchev–Trinajstić information content (AvgIpc) is 3.08. The molecule has 0 aromatic heterocycles. The van der Waals surface area contributed by atoms with Crippen molar-refractivity contribution < 1.29 is 19.4 Å². The lowest BCUT2D eigenvalue weighted by Crippen LogP contribution is -2.40. The standard InChI is InChI=1S/C27H31NO4/c1-3-17-32-21-15-13-19(14-16-21)25(29)23-24(22-12-8-7-9-18(22)2)28(27(31)26(23)30)20-10-5-4-6-11-20/h7-9,12-16,20,24,29H,3-6,10-11,17H2,1-2H3/b25-23-. The maximum absolute atomic E-state index is 13.2. The van der Waals surface area contributed by atoms with Crippen molar-refractivity contribution in [3.63, 3.8) is 0 Å². The van der Waals surface area contributed by atoms with Gasteiger partial charge in [-0.05, 0) is 61.6 Å². The molecule has 1 unspecified atom stereocenters. The predicted octanol–water partition coefficient (Wildman–Crippen LogP) is 5.54. The van der Waals surface area contributed by atoms with Gasteiger partial charge in [-0.3, -0.25) is 9.59 Å². The highest BCUT2D eigenvalue weighted by molar-refractivity contribution is 6.46. The van der Waals surface area contributed by atoms with Crippen molar-refractivity contribution in [1.29, 1.82) is 0 Å². The molecule has 168 valence electrons. The van der Waals surface area contributed by atoms with E-state index in [0.717, 1.165) is 49.7 Å². The maximum atomic E-state index is 13.2. The largest absolute Gasteiger partial charge is 0.507 e. The van der Waals surface area contributed by atoms with Crippen LogP contribution in [0.4, 0.5) is 0 Å². The van der Waals surface area contributed by atoms with Crippen molar-refractivity contribution in [2.75, 3.05) is 6.61 Å². The van der Waals surface area contributed by atoms with Crippen LogP contribution in [0, 0.1) is 6.92 Å². The summed E-state index contributed by atoms with van der Waals surface area (Å²) >= 11 is 0. The number of nitrogens with zero attached hydrogens (tertiary/aromatic N) is 1. The van der Waals surface area contributed by atoms with Gasteiger partial charge in [-0.1, -0.05) is 50.5 Å². The molecule has 0 spiro atoms. The van der Waals surface area contributed by atoms with E-state index in [9.17, 15) is 14.7 Å². The quantitative estimate of drug-likeness (QED) is 0.369. The first kappa shape index (κ1) is 22.1. The Balaban J connectivity index is 1.80. The number of ketones is 1. The molecule has 4 rings (SSSR count). The summed E-state index contributed by atoms with van der Waals surface area (Å²) in [4.78, 5) is 28.2. The minimum atomic E-state index is -0.604. The number of hydrogen-bond acceptors (Lipinski definition) is 4. The Hall–Kier alpha value is -3.08. The Kier molecular flexibility index (Phi) is 6.63. The Labute approximate surface area is 189 Å². The molecule has 0 radical (unpaired) electrons. The smallest absolute Gasteiger partial charge is 0.295 e. The van der Waals surface area contributed by atoms with Crippen molar-refractivity contribution in [3.8, 4) is 5.75 Å². The number of ether oxygens (including phenoxy) is 1. The van der Waals surface area contributed by atoms with Gasteiger partial charge in [0.15, 0.2) is 0 Å². The van der Waals surface area contributed by atoms with E-state index in [1.165, 1.54) is 0 Å². The monoisotopic (exact) mass is 433 g/mol. The number of carbonyl (C=O) groups excluding carboxylic acids is 2. The van der Waals surface area contributed by atoms with E-state index in [1.807, 2.05) is 38.1 Å². The van der Waals surface area contributed by atoms with Crippen LogP contribution in [0.5, 0.6) is 5.75 Å². The minimum Gasteiger partial charge on any atom is -0.507 e. The zero-order valence-corrected chi connectivity index (χ0v) is 18.8. The summed E-state index contributed by atoms with van der Waals surface area (Å²) in [6.07, 6.45) is 5.93. The van der Waals surface area contributed by atoms with E-state index in [-0.39, 0.29) is 17.4 Å². The Morgan fingerprint density at radius 3 is 2.38 bits per heavy atom. The average molecular weight is 434 g/mol. The molecule has 2 aliphatic rings. The van der Waals surface area contributed by atoms with Crippen LogP contribution in [0.25, 0.3) is 5.76 Å². The fourth-order valence-corrected chi connectivity index (χ4v) is 4.87. The first-order valence-electron chi connectivity index (χ1n) is 11.6. The summed E-state index contributed by atoms with van der Waals surface area (Å²) in [7, 11) is 0. The molecule has 2 fully saturated rings. The topological polar surface area (TPSA) is 66.8 Å². The van der Waals surface area contributed by atoms with E-state index >= 15 is 0 Å². The fraction of sp³-hybridized carbons (Fsp3) is 0.407. The molecule has 1 saturated heterocycles. The summed E-state index contributed by atoms with van der Waals surface area (Å²) in [5.41, 5.74) is 2.57. The van der Waals surface area contributed by atoms with Gasteiger partial charge in [0.25, 0.3) is 11.7 Å². The number of Topliss-reactive ketones (excluding diaryl/α,β-unsaturated/α-hetero) is 1. The van der Waals surface area contributed by atoms with E-state index in [4.69, 9.17) is 4.74 Å². The number of aryl methyl sites for hydroxylation is 1. The second-order valence-corrected chi connectivity index (χ2v) is 8.73. The molecule has 2 aromatic carbocycles. The summed E-state index contributed by atoms with van der Waals surface area (Å²) in [6.45, 7) is 4.64. The van der Waals surface area contributed by atoms with Gasteiger partial charge in [0.1, 0.15) is 11.5 Å². The van der Waals surface area contributed by atoms with Crippen molar-refractivity contribution in [2.45, 2.75) is 64.5 Å². The number of aliphatic hydroxyl groups is 1. The SMILES string of the molecule is CCCOc1ccc(/C(O)=C2/C(=O)C(=O)N(C3CCCCC3)C2c2ccccc2C)cc1. The lowest BCUT2D eigenvalue weighted by molar-refractivity contribution is -0.141. The van der Waals surface area contributed by atoms with Crippen LogP contribution in [0.2, 0.25) is 0 Å². The van der Waals surface area contributed by atoms with Gasteiger partial charge in [-0.25, -0.2) is 0 Å². The predicted molar refractivity (Wildman–Crippen MR) is 124 cm³/mol. The Morgan fingerprint density at radius 1 is 1.03 bits per heavy atom. The highest BCUT2D eigenvalue weighted by atomic mass is 16.5. The molecule has 5 heteroatoms. The lowest BCUT2D eigenvalue weighted by Gasteiger charge is -2.36. The normalized spacial score (nSPS) is 21.2. The van der Waals surface area contributed by atoms with Gasteiger partial charge in [-0.2, -0.15) is 0 Å². The van der Waals surface area contributed by atoms with Gasteiger partial charge in [-0.15, -0.1) is 0 Å². The molecule has 1 atom stereocenters. The van der Waals surface area contributed by atoms with Gasteiger partial charge in [0.05, 0.1) is 18.2 Å². The minimum absolute atomic E-state index is 0.0138. The number of hydrogen-bond donors (Lipinski definition) is 1. The van der Waals surface area contributed by atoms with Crippen LogP contribution >= 0.6 is 0 Å². The van der Waals surface area contributed by atoms with Crippen molar-refractivity contribution in [3.05, 3.63) is 70.8 Å². The van der Waals surface area contributed by atoms with Crippen LogP contribution in [-0.4, -0.2) is 34.3 Å². The van der Waals surface area contributed by atoms with Crippen molar-refractivity contribution in [1.82, 2.24) is 4.90 Å². The third-order valence-corrected chi connectivity index (χ3v) is 6.53. The molecular formula is C27H31NO4. The summed E-state index contributed by atoms with van der Waals surface area (Å²) < 4.78 is 5.63. The summed E-state index contributed by atoms with van der Waals surface area (Å²) in [6, 6.07) is 14.3. The van der Waals surface area contributed by atoms with Crippen LogP contribution in [0.1, 0.15) is 68.2 Å². The van der Waals surface area contributed by atoms with Gasteiger partial charge < -0.3 is 14.7 Å². The number of likely N-dealkylation sites (tertiary alicyclic amines) is 1. The van der Waals surface area contributed by atoms with E-state index in [0.29, 0.717) is 17.9 Å². The van der Waals surface area contributed by atoms with Crippen LogP contribution in [0.3, 0.4) is 0 Å². The van der Waals surface area contributed by atoms with Gasteiger partial charge in [0.2, 0.25) is 0 Å². The molecule has 1 aliphatic heterocycles. The molecule has 1 amide bonds. The molecule has 0 bridgehead atoms. The zero-order chi connectivity index (χ0) is 22.7.